The summed E-state index contributed by atoms with van der Waals surface area (Å²) in [6.45, 7) is 10.6. The van der Waals surface area contributed by atoms with Gasteiger partial charge in [0.05, 0.1) is 30.3 Å². The standard InChI is InChI=1S/C41H53N7O5S.U/c1-9-48(10-2)54(51,52)43-40(49)29-16-18-34-36(24-29)45(6)39(37(34)28-14-12-11-13-15-28)33-19-17-32(53-8)23-30(33)22-27(3)38-35(25-42-46(38)7)41(50)47-21-20-31(26-47)44(4)5;/h16-19,22-25,28,31H,1-2,9-15,20-21,26H2,3-8H3,(H,43,49);/q-2;+2/b27-22+;. The first kappa shape index (κ1) is 42.7. The van der Waals surface area contributed by atoms with Crippen LogP contribution in [0, 0.1) is 45.0 Å². The van der Waals surface area contributed by atoms with Crippen LogP contribution < -0.4 is 9.46 Å². The van der Waals surface area contributed by atoms with E-state index in [1.165, 1.54) is 12.0 Å². The van der Waals surface area contributed by atoms with E-state index in [0.29, 0.717) is 36.4 Å². The first-order chi connectivity index (χ1) is 25.8. The van der Waals surface area contributed by atoms with Gasteiger partial charge >= 0.3 is 31.1 Å². The van der Waals surface area contributed by atoms with Crippen LogP contribution in [0.2, 0.25) is 0 Å². The maximum atomic E-state index is 13.9. The van der Waals surface area contributed by atoms with E-state index >= 15 is 0 Å². The Balaban J connectivity index is 0.00000580. The molecule has 2 aromatic carbocycles. The van der Waals surface area contributed by atoms with Crippen molar-refractivity contribution in [2.24, 2.45) is 14.1 Å². The van der Waals surface area contributed by atoms with E-state index in [1.54, 1.807) is 30.1 Å². The third-order valence-electron chi connectivity index (χ3n) is 11.2. The molecule has 1 atom stereocenters. The van der Waals surface area contributed by atoms with Crippen molar-refractivity contribution in [3.63, 3.8) is 0 Å². The maximum Gasteiger partial charge on any atom is 2.00 e. The molecule has 2 aliphatic rings. The van der Waals surface area contributed by atoms with Crippen molar-refractivity contribution in [2.45, 2.75) is 57.4 Å². The molecule has 292 valence electrons. The monoisotopic (exact) mass is 993 g/mol. The number of rotatable bonds is 12. The number of ether oxygens (including phenoxy) is 1. The van der Waals surface area contributed by atoms with Crippen molar-refractivity contribution >= 4 is 44.6 Å². The number of allylic oxidation sites excluding steroid dienone is 1. The Kier molecular flexibility index (Phi) is 13.8. The molecule has 1 N–H and O–H groups in total. The zero-order chi connectivity index (χ0) is 38.9. The number of likely N-dealkylation sites (N-methyl/N-ethyl adjacent to an activating group) is 1. The Bertz CT molecular complexity index is 2180. The molecule has 0 spiro atoms. The van der Waals surface area contributed by atoms with Crippen molar-refractivity contribution in [1.29, 1.82) is 0 Å². The summed E-state index contributed by atoms with van der Waals surface area (Å²) < 4.78 is 38.5. The van der Waals surface area contributed by atoms with Gasteiger partial charge in [0, 0.05) is 55.3 Å². The third kappa shape index (κ3) is 8.64. The Morgan fingerprint density at radius 2 is 1.75 bits per heavy atom. The molecule has 1 saturated heterocycles. The van der Waals surface area contributed by atoms with Crippen LogP contribution in [-0.2, 0) is 24.3 Å². The molecule has 0 bridgehead atoms. The van der Waals surface area contributed by atoms with Crippen LogP contribution >= 0.6 is 0 Å². The van der Waals surface area contributed by atoms with Gasteiger partial charge < -0.3 is 33.0 Å². The second-order valence-corrected chi connectivity index (χ2v) is 16.4. The average molecular weight is 994 g/mol. The van der Waals surface area contributed by atoms with Crippen molar-refractivity contribution in [2.75, 3.05) is 47.4 Å². The predicted octanol–water partition coefficient (Wildman–Crippen LogP) is 5.92. The Labute approximate surface area is 349 Å². The summed E-state index contributed by atoms with van der Waals surface area (Å²) in [6.07, 6.45) is 10.3. The molecule has 6 rings (SSSR count). The van der Waals surface area contributed by atoms with Crippen LogP contribution in [0.1, 0.15) is 88.9 Å². The molecule has 55 heavy (non-hydrogen) atoms. The number of benzene rings is 2. The number of nitrogens with one attached hydrogen (secondary N) is 1. The van der Waals surface area contributed by atoms with E-state index in [4.69, 9.17) is 4.74 Å². The minimum atomic E-state index is -4.11. The molecule has 1 unspecified atom stereocenters. The number of likely N-dealkylation sites (tertiary alicyclic amines) is 1. The number of carbonyl (C=O) groups is 2. The van der Waals surface area contributed by atoms with Gasteiger partial charge in [-0.15, -0.1) is 13.1 Å². The fourth-order valence-corrected chi connectivity index (χ4v) is 9.18. The Hall–Kier alpha value is -3.41. The van der Waals surface area contributed by atoms with Gasteiger partial charge in [0.1, 0.15) is 5.75 Å². The van der Waals surface area contributed by atoms with Gasteiger partial charge in [-0.25, -0.2) is 9.03 Å². The molecule has 12 nitrogen and oxygen atoms in total. The van der Waals surface area contributed by atoms with Crippen LogP contribution in [-0.4, -0.2) is 102 Å². The van der Waals surface area contributed by atoms with E-state index in [2.05, 4.69) is 59.4 Å². The van der Waals surface area contributed by atoms with Gasteiger partial charge in [0.2, 0.25) is 0 Å². The van der Waals surface area contributed by atoms with E-state index in [-0.39, 0.29) is 55.7 Å². The summed E-state index contributed by atoms with van der Waals surface area (Å²) in [5.74, 6) is 0.255. The molecule has 2 aromatic heterocycles. The molecular formula is C41H53N7O5SU. The number of hydrogen-bond donors (Lipinski definition) is 1. The van der Waals surface area contributed by atoms with Gasteiger partial charge in [0.15, 0.2) is 0 Å². The number of nitrogens with zero attached hydrogens (tertiary/aromatic N) is 6. The largest absolute Gasteiger partial charge is 2.00 e. The second kappa shape index (κ2) is 17.8. The van der Waals surface area contributed by atoms with E-state index < -0.39 is 16.1 Å². The summed E-state index contributed by atoms with van der Waals surface area (Å²) in [6, 6.07) is 11.8. The van der Waals surface area contributed by atoms with Crippen LogP contribution in [0.4, 0.5) is 0 Å². The number of fused-ring (bicyclic) bond motifs is 1. The Morgan fingerprint density at radius 1 is 1.04 bits per heavy atom. The fourth-order valence-electron chi connectivity index (χ4n) is 8.21. The van der Waals surface area contributed by atoms with E-state index in [9.17, 15) is 18.0 Å². The van der Waals surface area contributed by atoms with Crippen molar-refractivity contribution < 1.29 is 53.9 Å². The second-order valence-electron chi connectivity index (χ2n) is 14.7. The number of methoxy groups -OCH3 is 1. The zero-order valence-corrected chi connectivity index (χ0v) is 37.9. The zero-order valence-electron chi connectivity index (χ0n) is 32.9. The molecule has 1 aliphatic carbocycles. The van der Waals surface area contributed by atoms with Crippen LogP contribution in [0.15, 0.2) is 42.6 Å². The molecule has 4 aromatic rings. The normalized spacial score (nSPS) is 16.9. The summed E-state index contributed by atoms with van der Waals surface area (Å²) in [4.78, 5) is 31.4. The van der Waals surface area contributed by atoms with Crippen LogP contribution in [0.25, 0.3) is 33.8 Å². The summed E-state index contributed by atoms with van der Waals surface area (Å²) in [5.41, 5.74) is 7.40. The van der Waals surface area contributed by atoms with Gasteiger partial charge in [-0.3, -0.25) is 14.3 Å². The Morgan fingerprint density at radius 3 is 2.38 bits per heavy atom. The summed E-state index contributed by atoms with van der Waals surface area (Å²) in [5, 5.41) is 5.56. The molecule has 14 heteroatoms. The minimum absolute atomic E-state index is 0. The summed E-state index contributed by atoms with van der Waals surface area (Å²) >= 11 is 0. The third-order valence-corrected chi connectivity index (χ3v) is 12.7. The van der Waals surface area contributed by atoms with Crippen molar-refractivity contribution in [3.8, 4) is 17.0 Å². The number of amides is 2. The quantitative estimate of drug-likeness (QED) is 0.175. The fraction of sp³-hybridized carbons (Fsp3) is 0.439. The molecule has 1 saturated carbocycles. The van der Waals surface area contributed by atoms with Crippen molar-refractivity contribution in [1.82, 2.24) is 33.2 Å². The number of hydrogen-bond acceptors (Lipinski definition) is 7. The maximum absolute atomic E-state index is 13.9. The number of aromatic nitrogens is 3. The topological polar surface area (TPSA) is 122 Å². The number of carbonyl (C=O) groups excluding carboxylic acids is 2. The van der Waals surface area contributed by atoms with Crippen LogP contribution in [0.5, 0.6) is 5.75 Å². The van der Waals surface area contributed by atoms with Gasteiger partial charge in [-0.2, -0.15) is 13.5 Å². The van der Waals surface area contributed by atoms with Crippen LogP contribution in [0.3, 0.4) is 0 Å². The minimum Gasteiger partial charge on any atom is -0.497 e. The van der Waals surface area contributed by atoms with Crippen molar-refractivity contribution in [3.05, 3.63) is 84.4 Å². The molecule has 1 aliphatic heterocycles. The molecule has 0 radical (unpaired) electrons. The molecule has 2 fully saturated rings. The molecule has 3 heterocycles. The molecular weight excluding hydrogens is 941 g/mol. The van der Waals surface area contributed by atoms with E-state index in [0.717, 1.165) is 75.4 Å². The predicted molar refractivity (Wildman–Crippen MR) is 214 cm³/mol. The SMILES string of the molecule is [CH2-]CN(C[CH2-])S(=O)(=O)NC(=O)c1ccc2c(C3CCCCC3)c(-c3ccc(OC)cc3/C=C(\C)c3c(C(=O)N4CCC(N(C)C)C4)cnn3C)n(C)c2c1.[U+2]. The molecule has 2 amide bonds. The number of aryl methyl sites for hydroxylation is 2. The van der Waals surface area contributed by atoms with Gasteiger partial charge in [0.25, 0.3) is 22.0 Å². The smallest absolute Gasteiger partial charge is 0.497 e. The van der Waals surface area contributed by atoms with Gasteiger partial charge in [-0.1, -0.05) is 25.3 Å². The van der Waals surface area contributed by atoms with Gasteiger partial charge in [-0.05, 0) is 99.3 Å². The van der Waals surface area contributed by atoms with E-state index in [1.807, 2.05) is 44.1 Å². The average Bonchev–Trinajstić information content (AvgIpc) is 3.88. The first-order valence-corrected chi connectivity index (χ1v) is 20.1. The first-order valence-electron chi connectivity index (χ1n) is 18.7. The summed E-state index contributed by atoms with van der Waals surface area (Å²) in [7, 11) is 5.50.